The van der Waals surface area contributed by atoms with E-state index in [4.69, 9.17) is 10.8 Å². The van der Waals surface area contributed by atoms with Crippen molar-refractivity contribution in [3.8, 4) is 0 Å². The molecule has 1 heterocycles. The van der Waals surface area contributed by atoms with E-state index in [1.165, 1.54) is 0 Å². The van der Waals surface area contributed by atoms with Gasteiger partial charge in [0, 0.05) is 5.69 Å². The minimum Gasteiger partial charge on any atom is -0.475 e. The molecule has 2 rings (SSSR count). The highest BCUT2D eigenvalue weighted by Crippen LogP contribution is 2.14. The van der Waals surface area contributed by atoms with Crippen LogP contribution in [0.4, 0.5) is 17.6 Å². The van der Waals surface area contributed by atoms with Crippen molar-refractivity contribution >= 4 is 23.6 Å². The number of aromatic carboxylic acids is 1. The minimum absolute atomic E-state index is 0.101. The lowest BCUT2D eigenvalue weighted by molar-refractivity contribution is 0.0683. The molecule has 1 aromatic carbocycles. The fourth-order valence-corrected chi connectivity index (χ4v) is 1.31. The second-order valence-corrected chi connectivity index (χ2v) is 3.64. The maximum atomic E-state index is 10.8. The van der Waals surface area contributed by atoms with Gasteiger partial charge in [-0.25, -0.2) is 4.79 Å². The number of carboxylic acid groups (broad SMARTS) is 1. The molecule has 0 spiro atoms. The molecule has 0 fully saturated rings. The van der Waals surface area contributed by atoms with E-state index < -0.39 is 11.8 Å². The summed E-state index contributed by atoms with van der Waals surface area (Å²) >= 11 is 0. The number of nitrogens with zero attached hydrogens (tertiary/aromatic N) is 3. The maximum absolute atomic E-state index is 10.8. The van der Waals surface area contributed by atoms with Gasteiger partial charge in [-0.3, -0.25) is 0 Å². The van der Waals surface area contributed by atoms with Gasteiger partial charge in [0.15, 0.2) is 0 Å². The van der Waals surface area contributed by atoms with Crippen LogP contribution >= 0.6 is 0 Å². The van der Waals surface area contributed by atoms with Crippen LogP contribution in [-0.2, 0) is 0 Å². The Balaban J connectivity index is 2.28. The van der Waals surface area contributed by atoms with Crippen LogP contribution < -0.4 is 11.1 Å². The van der Waals surface area contributed by atoms with Gasteiger partial charge >= 0.3 is 5.97 Å². The highest BCUT2D eigenvalue weighted by molar-refractivity contribution is 5.83. The molecule has 0 saturated heterocycles. The third kappa shape index (κ3) is 2.70. The van der Waals surface area contributed by atoms with E-state index in [-0.39, 0.29) is 11.9 Å². The molecular weight excluding hydrogens is 234 g/mol. The molecule has 0 aliphatic rings. The van der Waals surface area contributed by atoms with E-state index in [0.29, 0.717) is 0 Å². The van der Waals surface area contributed by atoms with Crippen molar-refractivity contribution < 1.29 is 9.90 Å². The lowest BCUT2D eigenvalue weighted by Gasteiger charge is -2.05. The molecule has 0 bridgehead atoms. The summed E-state index contributed by atoms with van der Waals surface area (Å²) in [6.45, 7) is 1.97. The second-order valence-electron chi connectivity index (χ2n) is 3.64. The quantitative estimate of drug-likeness (QED) is 0.744. The Morgan fingerprint density at radius 2 is 1.89 bits per heavy atom. The van der Waals surface area contributed by atoms with Crippen molar-refractivity contribution in [3.63, 3.8) is 0 Å². The lowest BCUT2D eigenvalue weighted by Crippen LogP contribution is -2.11. The zero-order chi connectivity index (χ0) is 13.1. The van der Waals surface area contributed by atoms with Gasteiger partial charge in [0.05, 0.1) is 0 Å². The van der Waals surface area contributed by atoms with E-state index in [1.807, 2.05) is 31.2 Å². The van der Waals surface area contributed by atoms with E-state index in [9.17, 15) is 4.79 Å². The Bertz CT molecular complexity index is 582. The molecule has 92 valence electrons. The molecule has 0 saturated carbocycles. The summed E-state index contributed by atoms with van der Waals surface area (Å²) in [5, 5.41) is 11.7. The Morgan fingerprint density at radius 3 is 2.50 bits per heavy atom. The number of carboxylic acids is 1. The SMILES string of the molecule is Cc1ccc(Nc2nc(N)nc(C(=O)O)n2)cc1. The zero-order valence-electron chi connectivity index (χ0n) is 9.58. The number of benzene rings is 1. The number of nitrogen functional groups attached to an aromatic ring is 1. The maximum Gasteiger partial charge on any atom is 0.374 e. The van der Waals surface area contributed by atoms with Crippen LogP contribution in [-0.4, -0.2) is 26.0 Å². The molecule has 0 atom stereocenters. The first kappa shape index (κ1) is 11.8. The topological polar surface area (TPSA) is 114 Å². The Hall–Kier alpha value is -2.70. The average Bonchev–Trinajstić information content (AvgIpc) is 2.31. The van der Waals surface area contributed by atoms with Gasteiger partial charge in [-0.2, -0.15) is 15.0 Å². The lowest BCUT2D eigenvalue weighted by atomic mass is 10.2. The first-order valence-corrected chi connectivity index (χ1v) is 5.13. The van der Waals surface area contributed by atoms with Crippen LogP contribution in [0.25, 0.3) is 0 Å². The van der Waals surface area contributed by atoms with Crippen molar-refractivity contribution in [3.05, 3.63) is 35.7 Å². The highest BCUT2D eigenvalue weighted by atomic mass is 16.4. The normalized spacial score (nSPS) is 10.1. The Kier molecular flexibility index (Phi) is 3.05. The number of anilines is 3. The van der Waals surface area contributed by atoms with Crippen molar-refractivity contribution in [2.24, 2.45) is 0 Å². The number of carbonyl (C=O) groups is 1. The standard InChI is InChI=1S/C11H11N5O2/c1-6-2-4-7(5-3-6)13-11-15-8(9(17)18)14-10(12)16-11/h2-5H,1H3,(H,17,18)(H3,12,13,14,15,16). The first-order chi connectivity index (χ1) is 8.54. The van der Waals surface area contributed by atoms with Crippen LogP contribution in [0, 0.1) is 6.92 Å². The van der Waals surface area contributed by atoms with Crippen LogP contribution in [0.3, 0.4) is 0 Å². The third-order valence-electron chi connectivity index (χ3n) is 2.15. The van der Waals surface area contributed by atoms with E-state index in [0.717, 1.165) is 11.3 Å². The molecule has 7 nitrogen and oxygen atoms in total. The van der Waals surface area contributed by atoms with Crippen molar-refractivity contribution in [2.45, 2.75) is 6.92 Å². The number of rotatable bonds is 3. The number of aryl methyl sites for hydroxylation is 1. The molecule has 18 heavy (non-hydrogen) atoms. The van der Waals surface area contributed by atoms with Gasteiger partial charge < -0.3 is 16.2 Å². The Labute approximate surface area is 103 Å². The monoisotopic (exact) mass is 245 g/mol. The minimum atomic E-state index is -1.25. The molecule has 7 heteroatoms. The van der Waals surface area contributed by atoms with Crippen LogP contribution in [0.15, 0.2) is 24.3 Å². The summed E-state index contributed by atoms with van der Waals surface area (Å²) in [4.78, 5) is 21.8. The molecule has 0 aliphatic heterocycles. The molecule has 0 amide bonds. The summed E-state index contributed by atoms with van der Waals surface area (Å²) in [6, 6.07) is 7.47. The summed E-state index contributed by atoms with van der Waals surface area (Å²) in [6.07, 6.45) is 0. The number of hydrogen-bond acceptors (Lipinski definition) is 6. The summed E-state index contributed by atoms with van der Waals surface area (Å²) in [7, 11) is 0. The van der Waals surface area contributed by atoms with E-state index in [1.54, 1.807) is 0 Å². The summed E-state index contributed by atoms with van der Waals surface area (Å²) in [5.74, 6) is -1.69. The fraction of sp³-hybridized carbons (Fsp3) is 0.0909. The number of aromatic nitrogens is 3. The van der Waals surface area contributed by atoms with Crippen molar-refractivity contribution in [2.75, 3.05) is 11.1 Å². The molecule has 0 radical (unpaired) electrons. The largest absolute Gasteiger partial charge is 0.475 e. The van der Waals surface area contributed by atoms with Crippen LogP contribution in [0.1, 0.15) is 16.2 Å². The molecule has 0 unspecified atom stereocenters. The van der Waals surface area contributed by atoms with Gasteiger partial charge in [0.1, 0.15) is 0 Å². The predicted octanol–water partition coefficient (Wildman–Crippen LogP) is 1.20. The summed E-state index contributed by atoms with van der Waals surface area (Å²) < 4.78 is 0. The van der Waals surface area contributed by atoms with Gasteiger partial charge in [-0.1, -0.05) is 17.7 Å². The van der Waals surface area contributed by atoms with Gasteiger partial charge in [0.2, 0.25) is 17.7 Å². The van der Waals surface area contributed by atoms with E-state index >= 15 is 0 Å². The molecule has 4 N–H and O–H groups in total. The zero-order valence-corrected chi connectivity index (χ0v) is 9.58. The highest BCUT2D eigenvalue weighted by Gasteiger charge is 2.10. The smallest absolute Gasteiger partial charge is 0.374 e. The Morgan fingerprint density at radius 1 is 1.22 bits per heavy atom. The number of nitrogens with two attached hydrogens (primary N) is 1. The van der Waals surface area contributed by atoms with Gasteiger partial charge in [-0.05, 0) is 19.1 Å². The average molecular weight is 245 g/mol. The molecule has 0 aliphatic carbocycles. The fourth-order valence-electron chi connectivity index (χ4n) is 1.31. The first-order valence-electron chi connectivity index (χ1n) is 5.13. The van der Waals surface area contributed by atoms with Gasteiger partial charge in [-0.15, -0.1) is 0 Å². The number of nitrogens with one attached hydrogen (secondary N) is 1. The van der Waals surface area contributed by atoms with Crippen molar-refractivity contribution in [1.82, 2.24) is 15.0 Å². The molecule has 1 aromatic heterocycles. The molecule has 2 aromatic rings. The van der Waals surface area contributed by atoms with Crippen LogP contribution in [0.2, 0.25) is 0 Å². The molecular formula is C11H11N5O2. The second kappa shape index (κ2) is 4.66. The van der Waals surface area contributed by atoms with Crippen molar-refractivity contribution in [1.29, 1.82) is 0 Å². The van der Waals surface area contributed by atoms with E-state index in [2.05, 4.69) is 20.3 Å². The number of hydrogen-bond donors (Lipinski definition) is 3. The van der Waals surface area contributed by atoms with Crippen LogP contribution in [0.5, 0.6) is 0 Å². The van der Waals surface area contributed by atoms with Gasteiger partial charge in [0.25, 0.3) is 0 Å². The summed E-state index contributed by atoms with van der Waals surface area (Å²) in [5.41, 5.74) is 7.26. The third-order valence-corrected chi connectivity index (χ3v) is 2.15. The predicted molar refractivity (Wildman–Crippen MR) is 65.7 cm³/mol.